The Bertz CT molecular complexity index is 1290. The average molecular weight is 508 g/mol. The van der Waals surface area contributed by atoms with E-state index in [1.54, 1.807) is 29.1 Å². The summed E-state index contributed by atoms with van der Waals surface area (Å²) in [6, 6.07) is 4.13. The van der Waals surface area contributed by atoms with Gasteiger partial charge in [0.1, 0.15) is 17.6 Å². The number of carbonyl (C=O) groups is 2. The molecular weight excluding hydrogens is 473 g/mol. The van der Waals surface area contributed by atoms with Crippen molar-refractivity contribution in [3.8, 4) is 11.1 Å². The van der Waals surface area contributed by atoms with Crippen molar-refractivity contribution in [1.82, 2.24) is 30.3 Å². The van der Waals surface area contributed by atoms with Crippen LogP contribution in [0.15, 0.2) is 24.4 Å². The Morgan fingerprint density at radius 3 is 2.46 bits per heavy atom. The number of nitrogens with one attached hydrogen (secondary N) is 3. The normalized spacial score (nSPS) is 16.3. The predicted octanol–water partition coefficient (Wildman–Crippen LogP) is 4.43. The van der Waals surface area contributed by atoms with E-state index in [1.807, 2.05) is 27.7 Å². The van der Waals surface area contributed by atoms with E-state index in [4.69, 9.17) is 0 Å². The van der Waals surface area contributed by atoms with Crippen molar-refractivity contribution in [3.05, 3.63) is 47.4 Å². The van der Waals surface area contributed by atoms with Crippen LogP contribution in [0.2, 0.25) is 0 Å². The summed E-state index contributed by atoms with van der Waals surface area (Å²) >= 11 is 0. The summed E-state index contributed by atoms with van der Waals surface area (Å²) in [5, 5.41) is 17.2. The Labute approximate surface area is 215 Å². The molecule has 2 fully saturated rings. The van der Waals surface area contributed by atoms with E-state index in [-0.39, 0.29) is 29.6 Å². The van der Waals surface area contributed by atoms with Gasteiger partial charge >= 0.3 is 0 Å². The lowest BCUT2D eigenvalue weighted by molar-refractivity contribution is -0.119. The smallest absolute Gasteiger partial charge is 0.270 e. The van der Waals surface area contributed by atoms with Crippen molar-refractivity contribution in [1.29, 1.82) is 0 Å². The van der Waals surface area contributed by atoms with E-state index < -0.39 is 12.0 Å². The Morgan fingerprint density at radius 2 is 1.86 bits per heavy atom. The Balaban J connectivity index is 1.39. The third kappa shape index (κ3) is 5.14. The van der Waals surface area contributed by atoms with E-state index in [9.17, 15) is 9.59 Å². The van der Waals surface area contributed by atoms with Crippen molar-refractivity contribution in [2.75, 3.05) is 5.32 Å². The highest BCUT2D eigenvalue weighted by molar-refractivity contribution is 6.00. The second-order valence-electron chi connectivity index (χ2n) is 10.5. The van der Waals surface area contributed by atoms with Crippen LogP contribution < -0.4 is 10.6 Å². The molecule has 10 heteroatoms. The number of aromatic nitrogens is 5. The first kappa shape index (κ1) is 25.1. The maximum absolute atomic E-state index is 15.1. The van der Waals surface area contributed by atoms with Gasteiger partial charge in [-0.3, -0.25) is 19.4 Å². The summed E-state index contributed by atoms with van der Waals surface area (Å²) in [6.45, 7) is 7.69. The molecule has 0 spiro atoms. The lowest BCUT2D eigenvalue weighted by Gasteiger charge is -2.27. The first-order chi connectivity index (χ1) is 17.8. The highest BCUT2D eigenvalue weighted by Crippen LogP contribution is 2.51. The molecule has 9 nitrogen and oxygen atoms in total. The first-order valence-electron chi connectivity index (χ1n) is 13.1. The number of halogens is 1. The topological polar surface area (TPSA) is 118 Å². The second kappa shape index (κ2) is 10.1. The summed E-state index contributed by atoms with van der Waals surface area (Å²) in [5.74, 6) is -0.425. The third-order valence-electron chi connectivity index (χ3n) is 7.41. The lowest BCUT2D eigenvalue weighted by Crippen LogP contribution is -2.50. The number of anilines is 1. The van der Waals surface area contributed by atoms with Gasteiger partial charge in [-0.1, -0.05) is 6.92 Å². The first-order valence-corrected chi connectivity index (χ1v) is 13.1. The molecule has 0 aliphatic heterocycles. The predicted molar refractivity (Wildman–Crippen MR) is 137 cm³/mol. The van der Waals surface area contributed by atoms with Crippen molar-refractivity contribution in [2.45, 2.75) is 71.9 Å². The van der Waals surface area contributed by atoms with E-state index in [0.717, 1.165) is 37.1 Å². The number of hydrogen-bond acceptors (Lipinski definition) is 5. The van der Waals surface area contributed by atoms with Crippen LogP contribution in [-0.2, 0) is 11.2 Å². The largest absolute Gasteiger partial charge is 0.339 e. The average Bonchev–Trinajstić information content (AvgIpc) is 3.79. The van der Waals surface area contributed by atoms with Gasteiger partial charge < -0.3 is 10.6 Å². The molecule has 0 aromatic carbocycles. The number of aryl methyl sites for hydroxylation is 2. The minimum Gasteiger partial charge on any atom is -0.339 e. The van der Waals surface area contributed by atoms with Crippen molar-refractivity contribution in [2.24, 2.45) is 17.8 Å². The fourth-order valence-electron chi connectivity index (χ4n) is 5.34. The molecule has 2 aliphatic rings. The minimum atomic E-state index is -0.740. The standard InChI is InChI=1S/C27H34FN7O2/c1-5-19-22(15(4)33-34-19)18-10-11-21(30-25(18)28)31-27(37)24(23(16-6-7-16)17-8-9-17)32-26(36)20-12-13-29-35(20)14(2)3/h10-14,16-17,23-24H,5-9H2,1-4H3,(H,32,36)(H,33,34)(H,30,31,37)/t24-/m0/s1. The van der Waals surface area contributed by atoms with Crippen LogP contribution in [-0.4, -0.2) is 42.8 Å². The van der Waals surface area contributed by atoms with Crippen LogP contribution in [0.4, 0.5) is 10.2 Å². The zero-order chi connectivity index (χ0) is 26.3. The van der Waals surface area contributed by atoms with Gasteiger partial charge in [0.05, 0.1) is 5.69 Å². The molecule has 3 N–H and O–H groups in total. The summed E-state index contributed by atoms with van der Waals surface area (Å²) in [5.41, 5.74) is 2.96. The summed E-state index contributed by atoms with van der Waals surface area (Å²) in [4.78, 5) is 30.9. The Hall–Kier alpha value is -3.56. The monoisotopic (exact) mass is 507 g/mol. The lowest BCUT2D eigenvalue weighted by atomic mass is 9.88. The van der Waals surface area contributed by atoms with Crippen molar-refractivity contribution < 1.29 is 14.0 Å². The molecule has 37 heavy (non-hydrogen) atoms. The van der Waals surface area contributed by atoms with Gasteiger partial charge in [0.15, 0.2) is 0 Å². The van der Waals surface area contributed by atoms with Crippen LogP contribution in [0.25, 0.3) is 11.1 Å². The minimum absolute atomic E-state index is 0.00321. The molecule has 0 saturated heterocycles. The quantitative estimate of drug-likeness (QED) is 0.351. The van der Waals surface area contributed by atoms with Crippen LogP contribution in [0.1, 0.15) is 74.4 Å². The fraction of sp³-hybridized carbons (Fsp3) is 0.519. The number of carbonyl (C=O) groups excluding carboxylic acids is 2. The highest BCUT2D eigenvalue weighted by atomic mass is 19.1. The Morgan fingerprint density at radius 1 is 1.16 bits per heavy atom. The van der Waals surface area contributed by atoms with Gasteiger partial charge in [0.25, 0.3) is 5.91 Å². The molecule has 3 heterocycles. The molecule has 0 radical (unpaired) electrons. The van der Waals surface area contributed by atoms with Gasteiger partial charge in [-0.25, -0.2) is 4.98 Å². The third-order valence-corrected chi connectivity index (χ3v) is 7.41. The molecule has 1 atom stereocenters. The molecule has 2 amide bonds. The van der Waals surface area contributed by atoms with E-state index in [1.165, 1.54) is 0 Å². The molecule has 2 saturated carbocycles. The highest BCUT2D eigenvalue weighted by Gasteiger charge is 2.48. The molecule has 0 bridgehead atoms. The number of nitrogens with zero attached hydrogens (tertiary/aromatic N) is 4. The van der Waals surface area contributed by atoms with Crippen molar-refractivity contribution >= 4 is 17.6 Å². The fourth-order valence-corrected chi connectivity index (χ4v) is 5.34. The maximum Gasteiger partial charge on any atom is 0.270 e. The molecule has 5 rings (SSSR count). The zero-order valence-corrected chi connectivity index (χ0v) is 21.7. The van der Waals surface area contributed by atoms with Gasteiger partial charge in [-0.2, -0.15) is 14.6 Å². The van der Waals surface area contributed by atoms with Gasteiger partial charge in [-0.15, -0.1) is 0 Å². The molecule has 3 aromatic rings. The molecule has 2 aliphatic carbocycles. The number of aromatic amines is 1. The maximum atomic E-state index is 15.1. The van der Waals surface area contributed by atoms with Crippen LogP contribution in [0.3, 0.4) is 0 Å². The number of pyridine rings is 1. The number of hydrogen-bond donors (Lipinski definition) is 3. The van der Waals surface area contributed by atoms with E-state index in [2.05, 4.69) is 30.9 Å². The SMILES string of the molecule is CCc1n[nH]c(C)c1-c1ccc(NC(=O)[C@@H](NC(=O)c2ccnn2C(C)C)C(C2CC2)C2CC2)nc1F. The second-order valence-corrected chi connectivity index (χ2v) is 10.5. The number of rotatable bonds is 10. The molecule has 0 unspecified atom stereocenters. The van der Waals surface area contributed by atoms with Gasteiger partial charge in [0, 0.05) is 29.1 Å². The van der Waals surface area contributed by atoms with Crippen molar-refractivity contribution in [3.63, 3.8) is 0 Å². The van der Waals surface area contributed by atoms with Crippen LogP contribution in [0.5, 0.6) is 0 Å². The zero-order valence-electron chi connectivity index (χ0n) is 21.7. The molecular formula is C27H34FN7O2. The van der Waals surface area contributed by atoms with Crippen LogP contribution in [0, 0.1) is 30.6 Å². The van der Waals surface area contributed by atoms with Gasteiger partial charge in [-0.05, 0) is 88.8 Å². The van der Waals surface area contributed by atoms with Gasteiger partial charge in [0.2, 0.25) is 11.9 Å². The summed E-state index contributed by atoms with van der Waals surface area (Å²) in [7, 11) is 0. The number of amides is 2. The summed E-state index contributed by atoms with van der Waals surface area (Å²) in [6.07, 6.45) is 6.44. The molecule has 3 aromatic heterocycles. The number of H-pyrrole nitrogens is 1. The molecule has 196 valence electrons. The van der Waals surface area contributed by atoms with Crippen LogP contribution >= 0.6 is 0 Å². The van der Waals surface area contributed by atoms with E-state index >= 15 is 4.39 Å². The summed E-state index contributed by atoms with van der Waals surface area (Å²) < 4.78 is 16.8. The van der Waals surface area contributed by atoms with E-state index in [0.29, 0.717) is 35.1 Å². The Kier molecular flexibility index (Phi) is 6.83.